The van der Waals surface area contributed by atoms with Crippen LogP contribution in [0.1, 0.15) is 40.2 Å². The number of aliphatic imine (C=N–C) groups is 1. The van der Waals surface area contributed by atoms with Gasteiger partial charge in [-0.15, -0.1) is 24.0 Å². The van der Waals surface area contributed by atoms with Gasteiger partial charge < -0.3 is 24.8 Å². The third-order valence-electron chi connectivity index (χ3n) is 5.17. The average Bonchev–Trinajstić information content (AvgIpc) is 3.11. The zero-order valence-corrected chi connectivity index (χ0v) is 20.5. The molecule has 1 aromatic rings. The molecule has 1 aromatic carbocycles. The molecule has 2 aliphatic rings. The van der Waals surface area contributed by atoms with Crippen LogP contribution in [0.15, 0.2) is 23.2 Å². The van der Waals surface area contributed by atoms with Gasteiger partial charge in [-0.2, -0.15) is 0 Å². The van der Waals surface area contributed by atoms with Crippen molar-refractivity contribution in [2.24, 2.45) is 4.99 Å². The largest absolute Gasteiger partial charge is 0.454 e. The van der Waals surface area contributed by atoms with E-state index in [1.807, 2.05) is 18.2 Å². The summed E-state index contributed by atoms with van der Waals surface area (Å²) in [7, 11) is 0. The highest BCUT2D eigenvalue weighted by Crippen LogP contribution is 2.32. The zero-order valence-electron chi connectivity index (χ0n) is 18.2. The molecule has 29 heavy (non-hydrogen) atoms. The molecule has 0 saturated carbocycles. The van der Waals surface area contributed by atoms with Gasteiger partial charge in [0.05, 0.1) is 18.8 Å². The lowest BCUT2D eigenvalue weighted by Crippen LogP contribution is -2.59. The Morgan fingerprint density at radius 2 is 1.83 bits per heavy atom. The smallest absolute Gasteiger partial charge is 0.231 e. The van der Waals surface area contributed by atoms with Crippen molar-refractivity contribution in [3.05, 3.63) is 23.8 Å². The molecular weight excluding hydrogens is 483 g/mol. The Morgan fingerprint density at radius 1 is 1.14 bits per heavy atom. The van der Waals surface area contributed by atoms with Gasteiger partial charge in [-0.05, 0) is 52.3 Å². The number of nitrogens with zero attached hydrogens (tertiary/aromatic N) is 2. The Balaban J connectivity index is 0.00000300. The number of ether oxygens (including phenoxy) is 3. The number of rotatable bonds is 6. The molecule has 0 amide bonds. The van der Waals surface area contributed by atoms with Gasteiger partial charge in [0.15, 0.2) is 17.5 Å². The van der Waals surface area contributed by atoms with Crippen molar-refractivity contribution in [1.29, 1.82) is 0 Å². The van der Waals surface area contributed by atoms with Crippen LogP contribution in [0.3, 0.4) is 0 Å². The minimum atomic E-state index is 0. The summed E-state index contributed by atoms with van der Waals surface area (Å²) in [6.45, 7) is 15.3. The number of halogens is 1. The van der Waals surface area contributed by atoms with Crippen molar-refractivity contribution in [2.75, 3.05) is 33.0 Å². The van der Waals surface area contributed by atoms with Crippen molar-refractivity contribution in [2.45, 2.75) is 58.9 Å². The van der Waals surface area contributed by atoms with Crippen LogP contribution in [0, 0.1) is 0 Å². The fourth-order valence-electron chi connectivity index (χ4n) is 3.64. The van der Waals surface area contributed by atoms with E-state index in [9.17, 15) is 0 Å². The Hall–Kier alpha value is -1.26. The highest BCUT2D eigenvalue weighted by atomic mass is 127. The number of guanidine groups is 1. The molecule has 0 spiro atoms. The third-order valence-corrected chi connectivity index (χ3v) is 5.17. The molecule has 2 unspecified atom stereocenters. The van der Waals surface area contributed by atoms with Crippen LogP contribution < -0.4 is 20.1 Å². The summed E-state index contributed by atoms with van der Waals surface area (Å²) in [6.07, 6.45) is 0.520. The van der Waals surface area contributed by atoms with Crippen molar-refractivity contribution >= 4 is 29.9 Å². The Labute approximate surface area is 191 Å². The topological polar surface area (TPSA) is 67.4 Å². The first-order chi connectivity index (χ1) is 13.4. The zero-order chi connectivity index (χ0) is 20.1. The van der Waals surface area contributed by atoms with Crippen LogP contribution in [-0.2, 0) is 11.3 Å². The summed E-state index contributed by atoms with van der Waals surface area (Å²) in [5, 5.41) is 6.85. The average molecular weight is 518 g/mol. The second-order valence-electron chi connectivity index (χ2n) is 8.21. The summed E-state index contributed by atoms with van der Waals surface area (Å²) in [5.41, 5.74) is 1.10. The van der Waals surface area contributed by atoms with Gasteiger partial charge in [-0.25, -0.2) is 4.99 Å². The van der Waals surface area contributed by atoms with Crippen LogP contribution >= 0.6 is 24.0 Å². The molecule has 1 fully saturated rings. The molecule has 0 bridgehead atoms. The third kappa shape index (κ3) is 6.62. The molecule has 2 N–H and O–H groups in total. The maximum absolute atomic E-state index is 5.88. The van der Waals surface area contributed by atoms with Gasteiger partial charge in [0.25, 0.3) is 0 Å². The van der Waals surface area contributed by atoms with Crippen LogP contribution in [-0.4, -0.2) is 61.6 Å². The molecule has 1 saturated heterocycles. The fraction of sp³-hybridized carbons (Fsp3) is 0.667. The standard InChI is InChI=1S/C21H34N4O3.HI/c1-6-22-20(23-10-17-7-8-18-19(9-17)27-14-26-18)24-13-21(4,5)25-11-15(2)28-16(3)12-25;/h7-9,15-16H,6,10-14H2,1-5H3,(H2,22,23,24);1H. The number of hydrogen-bond acceptors (Lipinski definition) is 5. The maximum atomic E-state index is 5.88. The molecule has 0 radical (unpaired) electrons. The van der Waals surface area contributed by atoms with E-state index in [0.29, 0.717) is 13.3 Å². The van der Waals surface area contributed by atoms with Gasteiger partial charge in [0.2, 0.25) is 6.79 Å². The van der Waals surface area contributed by atoms with E-state index in [1.165, 1.54) is 0 Å². The molecule has 3 rings (SSSR count). The number of nitrogens with one attached hydrogen (secondary N) is 2. The van der Waals surface area contributed by atoms with E-state index in [0.717, 1.165) is 49.2 Å². The van der Waals surface area contributed by atoms with Crippen molar-refractivity contribution in [3.8, 4) is 11.5 Å². The first-order valence-corrected chi connectivity index (χ1v) is 10.2. The predicted octanol–water partition coefficient (Wildman–Crippen LogP) is 2.98. The molecule has 8 heteroatoms. The quantitative estimate of drug-likeness (QED) is 0.343. The van der Waals surface area contributed by atoms with Gasteiger partial charge >= 0.3 is 0 Å². The van der Waals surface area contributed by atoms with Gasteiger partial charge in [0, 0.05) is 31.7 Å². The predicted molar refractivity (Wildman–Crippen MR) is 126 cm³/mol. The fourth-order valence-corrected chi connectivity index (χ4v) is 3.64. The van der Waals surface area contributed by atoms with Crippen LogP contribution in [0.4, 0.5) is 0 Å². The molecular formula is C21H35IN4O3. The summed E-state index contributed by atoms with van der Waals surface area (Å²) < 4.78 is 16.7. The minimum Gasteiger partial charge on any atom is -0.454 e. The van der Waals surface area contributed by atoms with Gasteiger partial charge in [-0.1, -0.05) is 6.07 Å². The second kappa shape index (κ2) is 10.7. The van der Waals surface area contributed by atoms with Crippen LogP contribution in [0.2, 0.25) is 0 Å². The number of hydrogen-bond donors (Lipinski definition) is 2. The van der Waals surface area contributed by atoms with Crippen molar-refractivity contribution in [3.63, 3.8) is 0 Å². The summed E-state index contributed by atoms with van der Waals surface area (Å²) in [5.74, 6) is 2.42. The van der Waals surface area contributed by atoms with E-state index < -0.39 is 0 Å². The summed E-state index contributed by atoms with van der Waals surface area (Å²) >= 11 is 0. The molecule has 2 atom stereocenters. The van der Waals surface area contributed by atoms with Crippen LogP contribution in [0.25, 0.3) is 0 Å². The molecule has 7 nitrogen and oxygen atoms in total. The summed E-state index contributed by atoms with van der Waals surface area (Å²) in [4.78, 5) is 7.24. The lowest BCUT2D eigenvalue weighted by atomic mass is 10.00. The van der Waals surface area contributed by atoms with Crippen molar-refractivity contribution < 1.29 is 14.2 Å². The normalized spacial score (nSPS) is 22.2. The Kier molecular flexibility index (Phi) is 8.84. The number of benzene rings is 1. The van der Waals surface area contributed by atoms with E-state index >= 15 is 0 Å². The van der Waals surface area contributed by atoms with Crippen LogP contribution in [0.5, 0.6) is 11.5 Å². The minimum absolute atomic E-state index is 0. The Morgan fingerprint density at radius 3 is 2.52 bits per heavy atom. The monoisotopic (exact) mass is 518 g/mol. The molecule has 2 heterocycles. The SMILES string of the molecule is CCNC(=NCc1ccc2c(c1)OCO2)NCC(C)(C)N1CC(C)OC(C)C1.I. The first-order valence-electron chi connectivity index (χ1n) is 10.2. The molecule has 164 valence electrons. The maximum Gasteiger partial charge on any atom is 0.231 e. The van der Waals surface area contributed by atoms with E-state index in [4.69, 9.17) is 19.2 Å². The molecule has 0 aromatic heterocycles. The number of fused-ring (bicyclic) bond motifs is 1. The van der Waals surface area contributed by atoms with E-state index in [-0.39, 0.29) is 41.7 Å². The van der Waals surface area contributed by atoms with Crippen molar-refractivity contribution in [1.82, 2.24) is 15.5 Å². The molecule has 2 aliphatic heterocycles. The first kappa shape index (κ1) is 24.0. The highest BCUT2D eigenvalue weighted by molar-refractivity contribution is 14.0. The lowest BCUT2D eigenvalue weighted by Gasteiger charge is -2.45. The highest BCUT2D eigenvalue weighted by Gasteiger charge is 2.33. The molecule has 0 aliphatic carbocycles. The Bertz CT molecular complexity index is 689. The van der Waals surface area contributed by atoms with E-state index in [2.05, 4.69) is 50.2 Å². The van der Waals surface area contributed by atoms with Gasteiger partial charge in [-0.3, -0.25) is 4.90 Å². The summed E-state index contributed by atoms with van der Waals surface area (Å²) in [6, 6.07) is 5.97. The van der Waals surface area contributed by atoms with E-state index in [1.54, 1.807) is 0 Å². The lowest BCUT2D eigenvalue weighted by molar-refractivity contribution is -0.0946. The second-order valence-corrected chi connectivity index (χ2v) is 8.21. The van der Waals surface area contributed by atoms with Gasteiger partial charge in [0.1, 0.15) is 0 Å². The number of morpholine rings is 1.